The number of hydrogen-bond donors (Lipinski definition) is 1. The summed E-state index contributed by atoms with van der Waals surface area (Å²) in [5, 5.41) is 2.93. The Morgan fingerprint density at radius 1 is 1.67 bits per heavy atom. The van der Waals surface area contributed by atoms with Crippen molar-refractivity contribution in [1.29, 1.82) is 0 Å². The first-order valence-electron chi connectivity index (χ1n) is 3.52. The molecule has 0 unspecified atom stereocenters. The molecule has 1 saturated heterocycles. The lowest BCUT2D eigenvalue weighted by molar-refractivity contribution is -0.119. The first-order valence-corrected chi connectivity index (χ1v) is 3.52. The standard InChI is InChI=1S/C7H11NO/c1-5-7(2-3-7)4-6(9)8-5/h5H,2-4H2,1H3,(H,8,9)/t5-/m0/s1. The van der Waals surface area contributed by atoms with Crippen molar-refractivity contribution in [3.63, 3.8) is 0 Å². The summed E-state index contributed by atoms with van der Waals surface area (Å²) in [6.45, 7) is 2.11. The van der Waals surface area contributed by atoms with Gasteiger partial charge in [-0.05, 0) is 25.2 Å². The Morgan fingerprint density at radius 3 is 2.56 bits per heavy atom. The number of rotatable bonds is 0. The molecule has 0 bridgehead atoms. The van der Waals surface area contributed by atoms with Crippen LogP contribution >= 0.6 is 0 Å². The van der Waals surface area contributed by atoms with Gasteiger partial charge in [0.1, 0.15) is 0 Å². The highest BCUT2D eigenvalue weighted by Crippen LogP contribution is 2.54. The van der Waals surface area contributed by atoms with Crippen LogP contribution in [0.2, 0.25) is 0 Å². The normalized spacial score (nSPS) is 37.0. The van der Waals surface area contributed by atoms with Crippen LogP contribution in [0.5, 0.6) is 0 Å². The summed E-state index contributed by atoms with van der Waals surface area (Å²) in [7, 11) is 0. The number of nitrogens with one attached hydrogen (secondary N) is 1. The van der Waals surface area contributed by atoms with Crippen molar-refractivity contribution in [2.24, 2.45) is 5.41 Å². The second kappa shape index (κ2) is 1.31. The first kappa shape index (κ1) is 5.27. The van der Waals surface area contributed by atoms with Crippen molar-refractivity contribution in [3.05, 3.63) is 0 Å². The predicted molar refractivity (Wildman–Crippen MR) is 33.9 cm³/mol. The van der Waals surface area contributed by atoms with Crippen LogP contribution in [-0.2, 0) is 4.79 Å². The zero-order chi connectivity index (χ0) is 6.48. The highest BCUT2D eigenvalue weighted by molar-refractivity contribution is 5.80. The minimum Gasteiger partial charge on any atom is -0.353 e. The maximum absolute atomic E-state index is 10.8. The molecule has 1 N–H and O–H groups in total. The number of carbonyl (C=O) groups excluding carboxylic acids is 1. The Hall–Kier alpha value is -0.530. The minimum absolute atomic E-state index is 0.250. The molecule has 1 aliphatic carbocycles. The average molecular weight is 125 g/mol. The van der Waals surface area contributed by atoms with Gasteiger partial charge in [0.2, 0.25) is 5.91 Å². The van der Waals surface area contributed by atoms with Crippen LogP contribution in [0.1, 0.15) is 26.2 Å². The second-order valence-corrected chi connectivity index (χ2v) is 3.33. The Bertz CT molecular complexity index is 160. The first-order chi connectivity index (χ1) is 4.23. The SMILES string of the molecule is C[C@@H]1NC(=O)CC12CC2. The van der Waals surface area contributed by atoms with E-state index in [0.717, 1.165) is 6.42 Å². The molecule has 1 atom stereocenters. The Balaban J connectivity index is 2.19. The summed E-state index contributed by atoms with van der Waals surface area (Å²) >= 11 is 0. The minimum atomic E-state index is 0.250. The molecular formula is C7H11NO. The van der Waals surface area contributed by atoms with E-state index in [1.54, 1.807) is 0 Å². The molecule has 50 valence electrons. The monoisotopic (exact) mass is 125 g/mol. The van der Waals surface area contributed by atoms with Gasteiger partial charge in [-0.3, -0.25) is 4.79 Å². The summed E-state index contributed by atoms with van der Waals surface area (Å²) in [4.78, 5) is 10.8. The predicted octanol–water partition coefficient (Wildman–Crippen LogP) is 0.675. The van der Waals surface area contributed by atoms with E-state index in [2.05, 4.69) is 12.2 Å². The summed E-state index contributed by atoms with van der Waals surface area (Å²) in [5.74, 6) is 0.250. The quantitative estimate of drug-likeness (QED) is 0.506. The van der Waals surface area contributed by atoms with Crippen molar-refractivity contribution in [2.45, 2.75) is 32.2 Å². The van der Waals surface area contributed by atoms with Crippen LogP contribution in [0.25, 0.3) is 0 Å². The number of hydrogen-bond acceptors (Lipinski definition) is 1. The fraction of sp³-hybridized carbons (Fsp3) is 0.857. The summed E-state index contributed by atoms with van der Waals surface area (Å²) in [6.07, 6.45) is 3.30. The smallest absolute Gasteiger partial charge is 0.220 e. The highest BCUT2D eigenvalue weighted by Gasteiger charge is 2.53. The molecular weight excluding hydrogens is 114 g/mol. The summed E-state index contributed by atoms with van der Waals surface area (Å²) < 4.78 is 0. The van der Waals surface area contributed by atoms with Crippen molar-refractivity contribution in [1.82, 2.24) is 5.32 Å². The second-order valence-electron chi connectivity index (χ2n) is 3.33. The zero-order valence-electron chi connectivity index (χ0n) is 5.61. The van der Waals surface area contributed by atoms with E-state index in [0.29, 0.717) is 11.5 Å². The Labute approximate surface area is 54.6 Å². The molecule has 1 saturated carbocycles. The van der Waals surface area contributed by atoms with Gasteiger partial charge in [0.05, 0.1) is 0 Å². The number of amides is 1. The van der Waals surface area contributed by atoms with Crippen LogP contribution in [0.3, 0.4) is 0 Å². The third-order valence-electron chi connectivity index (χ3n) is 2.70. The lowest BCUT2D eigenvalue weighted by atomic mass is 9.99. The molecule has 0 aromatic carbocycles. The molecule has 1 amide bonds. The summed E-state index contributed by atoms with van der Waals surface area (Å²) in [6, 6.07) is 0.449. The van der Waals surface area contributed by atoms with E-state index < -0.39 is 0 Å². The van der Waals surface area contributed by atoms with Crippen LogP contribution in [0.4, 0.5) is 0 Å². The number of carbonyl (C=O) groups is 1. The topological polar surface area (TPSA) is 29.1 Å². The molecule has 0 radical (unpaired) electrons. The van der Waals surface area contributed by atoms with Crippen LogP contribution in [0, 0.1) is 5.41 Å². The molecule has 2 heteroatoms. The van der Waals surface area contributed by atoms with E-state index in [4.69, 9.17) is 0 Å². The molecule has 2 fully saturated rings. The Morgan fingerprint density at radius 2 is 2.33 bits per heavy atom. The zero-order valence-corrected chi connectivity index (χ0v) is 5.61. The van der Waals surface area contributed by atoms with E-state index >= 15 is 0 Å². The van der Waals surface area contributed by atoms with Crippen LogP contribution in [-0.4, -0.2) is 11.9 Å². The van der Waals surface area contributed by atoms with Gasteiger partial charge >= 0.3 is 0 Å². The maximum Gasteiger partial charge on any atom is 0.220 e. The third-order valence-corrected chi connectivity index (χ3v) is 2.70. The van der Waals surface area contributed by atoms with Crippen molar-refractivity contribution < 1.29 is 4.79 Å². The molecule has 2 nitrogen and oxygen atoms in total. The highest BCUT2D eigenvalue weighted by atomic mass is 16.2. The average Bonchev–Trinajstić information content (AvgIpc) is 2.42. The molecule has 9 heavy (non-hydrogen) atoms. The van der Waals surface area contributed by atoms with Crippen LogP contribution in [0.15, 0.2) is 0 Å². The molecule has 1 aliphatic heterocycles. The molecule has 1 spiro atoms. The molecule has 1 heterocycles. The van der Waals surface area contributed by atoms with Crippen molar-refractivity contribution >= 4 is 5.91 Å². The van der Waals surface area contributed by atoms with Crippen molar-refractivity contribution in [3.8, 4) is 0 Å². The van der Waals surface area contributed by atoms with Gasteiger partial charge in [0.15, 0.2) is 0 Å². The van der Waals surface area contributed by atoms with E-state index in [1.165, 1.54) is 12.8 Å². The van der Waals surface area contributed by atoms with E-state index in [-0.39, 0.29) is 5.91 Å². The lowest BCUT2D eigenvalue weighted by Gasteiger charge is -2.09. The van der Waals surface area contributed by atoms with Gasteiger partial charge in [0.25, 0.3) is 0 Å². The van der Waals surface area contributed by atoms with Gasteiger partial charge in [0, 0.05) is 12.5 Å². The largest absolute Gasteiger partial charge is 0.353 e. The summed E-state index contributed by atoms with van der Waals surface area (Å²) in [5.41, 5.74) is 0.414. The van der Waals surface area contributed by atoms with Gasteiger partial charge in [-0.2, -0.15) is 0 Å². The molecule has 2 rings (SSSR count). The fourth-order valence-electron chi connectivity index (χ4n) is 1.69. The molecule has 2 aliphatic rings. The van der Waals surface area contributed by atoms with Gasteiger partial charge in [-0.1, -0.05) is 0 Å². The van der Waals surface area contributed by atoms with Gasteiger partial charge < -0.3 is 5.32 Å². The van der Waals surface area contributed by atoms with Gasteiger partial charge in [-0.15, -0.1) is 0 Å². The maximum atomic E-state index is 10.8. The Kier molecular flexibility index (Phi) is 0.765. The fourth-order valence-corrected chi connectivity index (χ4v) is 1.69. The molecule has 0 aromatic rings. The van der Waals surface area contributed by atoms with Crippen LogP contribution < -0.4 is 5.32 Å². The van der Waals surface area contributed by atoms with Gasteiger partial charge in [-0.25, -0.2) is 0 Å². The van der Waals surface area contributed by atoms with Crippen molar-refractivity contribution in [2.75, 3.05) is 0 Å². The van der Waals surface area contributed by atoms with E-state index in [9.17, 15) is 4.79 Å². The van der Waals surface area contributed by atoms with E-state index in [1.807, 2.05) is 0 Å². The molecule has 0 aromatic heterocycles. The third kappa shape index (κ3) is 0.590. The lowest BCUT2D eigenvalue weighted by Crippen LogP contribution is -2.25.